The predicted molar refractivity (Wildman–Crippen MR) is 135 cm³/mol. The van der Waals surface area contributed by atoms with E-state index in [4.69, 9.17) is 25.8 Å². The van der Waals surface area contributed by atoms with Crippen LogP contribution in [0.3, 0.4) is 0 Å². The largest absolute Gasteiger partial charge is 0.514 e. The highest BCUT2D eigenvalue weighted by Gasteiger charge is 2.34. The van der Waals surface area contributed by atoms with Crippen LogP contribution < -0.4 is 15.0 Å². The van der Waals surface area contributed by atoms with Gasteiger partial charge in [0.1, 0.15) is 17.3 Å². The van der Waals surface area contributed by atoms with Crippen LogP contribution in [0, 0.1) is 18.3 Å². The topological polar surface area (TPSA) is 155 Å². The summed E-state index contributed by atoms with van der Waals surface area (Å²) in [6.45, 7) is 4.47. The van der Waals surface area contributed by atoms with Crippen molar-refractivity contribution in [1.82, 2.24) is 25.3 Å². The molecular weight excluding hydrogens is 522 g/mol. The van der Waals surface area contributed by atoms with Gasteiger partial charge in [0, 0.05) is 38.3 Å². The standard InChI is InChI=1S/C23H24ClN7O5S/c1-4-35-23(33)36-21-18(19-26-7-5-8-27-19)30-22(37-21)31-9-6-14(15(11-31)34-3)29-20(32)17-13(10-25)16(24)12(2)28-17/h5,7-8,14-15,28H,4,6,9,11H2,1-3H3,(H,29,32)/t14-,15+/m1/s1. The molecule has 0 aliphatic carbocycles. The third kappa shape index (κ3) is 5.66. The number of nitriles is 1. The van der Waals surface area contributed by atoms with Crippen LogP contribution in [0.1, 0.15) is 35.1 Å². The Morgan fingerprint density at radius 2 is 2.14 bits per heavy atom. The molecule has 4 heterocycles. The molecule has 2 atom stereocenters. The number of ether oxygens (including phenoxy) is 3. The minimum Gasteiger partial charge on any atom is -0.434 e. The molecule has 0 unspecified atom stereocenters. The van der Waals surface area contributed by atoms with Crippen LogP contribution in [0.25, 0.3) is 11.5 Å². The van der Waals surface area contributed by atoms with Gasteiger partial charge in [-0.2, -0.15) is 5.26 Å². The smallest absolute Gasteiger partial charge is 0.434 e. The highest BCUT2D eigenvalue weighted by Crippen LogP contribution is 2.39. The summed E-state index contributed by atoms with van der Waals surface area (Å²) in [5.41, 5.74) is 1.09. The third-order valence-electron chi connectivity index (χ3n) is 5.70. The van der Waals surface area contributed by atoms with Gasteiger partial charge in [-0.1, -0.05) is 22.9 Å². The highest BCUT2D eigenvalue weighted by atomic mass is 35.5. The minimum absolute atomic E-state index is 0.107. The zero-order valence-electron chi connectivity index (χ0n) is 20.3. The molecule has 1 amide bonds. The van der Waals surface area contributed by atoms with E-state index in [2.05, 4.69) is 25.3 Å². The molecule has 1 aliphatic heterocycles. The van der Waals surface area contributed by atoms with Crippen LogP contribution in [0.5, 0.6) is 5.06 Å². The van der Waals surface area contributed by atoms with Gasteiger partial charge in [0.15, 0.2) is 16.6 Å². The molecule has 194 valence electrons. The summed E-state index contributed by atoms with van der Waals surface area (Å²) in [7, 11) is 1.56. The number of methoxy groups -OCH3 is 1. The SMILES string of the molecule is CCOC(=O)Oc1sc(N2CC[C@@H](NC(=O)c3[nH]c(C)c(Cl)c3C#N)[C@@H](OC)C2)nc1-c1ncccn1. The second-order valence-corrected chi connectivity index (χ2v) is 9.32. The van der Waals surface area contributed by atoms with Crippen molar-refractivity contribution in [2.24, 2.45) is 0 Å². The molecule has 1 fully saturated rings. The first-order valence-electron chi connectivity index (χ1n) is 11.4. The number of hydrogen-bond acceptors (Lipinski definition) is 11. The van der Waals surface area contributed by atoms with Crippen LogP contribution in [-0.4, -0.2) is 71.0 Å². The first-order valence-corrected chi connectivity index (χ1v) is 12.5. The molecule has 4 rings (SSSR count). The molecule has 3 aromatic rings. The average molecular weight is 546 g/mol. The number of piperidine rings is 1. The van der Waals surface area contributed by atoms with Crippen LogP contribution in [0.4, 0.5) is 9.93 Å². The van der Waals surface area contributed by atoms with Gasteiger partial charge in [-0.15, -0.1) is 0 Å². The summed E-state index contributed by atoms with van der Waals surface area (Å²) in [6.07, 6.45) is 2.44. The maximum atomic E-state index is 12.9. The van der Waals surface area contributed by atoms with Crippen LogP contribution in [0.15, 0.2) is 18.5 Å². The van der Waals surface area contributed by atoms with Crippen molar-refractivity contribution >= 4 is 40.1 Å². The number of aryl methyl sites for hydroxylation is 1. The van der Waals surface area contributed by atoms with Gasteiger partial charge >= 0.3 is 6.16 Å². The van der Waals surface area contributed by atoms with Gasteiger partial charge in [0.05, 0.1) is 23.8 Å². The number of halogens is 1. The number of nitrogens with one attached hydrogen (secondary N) is 2. The van der Waals surface area contributed by atoms with Crippen molar-refractivity contribution in [3.63, 3.8) is 0 Å². The number of amides is 1. The number of H-pyrrole nitrogens is 1. The van der Waals surface area contributed by atoms with Crippen molar-refractivity contribution < 1.29 is 23.8 Å². The summed E-state index contributed by atoms with van der Waals surface area (Å²) in [4.78, 5) is 42.9. The zero-order chi connectivity index (χ0) is 26.5. The molecule has 0 aromatic carbocycles. The summed E-state index contributed by atoms with van der Waals surface area (Å²) >= 11 is 7.29. The molecule has 12 nitrogen and oxygen atoms in total. The zero-order valence-corrected chi connectivity index (χ0v) is 21.9. The number of carbonyl (C=O) groups is 2. The molecule has 1 saturated heterocycles. The Balaban J connectivity index is 1.52. The number of nitrogens with zero attached hydrogens (tertiary/aromatic N) is 5. The normalized spacial score (nSPS) is 17.2. The van der Waals surface area contributed by atoms with Gasteiger partial charge < -0.3 is 29.4 Å². The lowest BCUT2D eigenvalue weighted by Crippen LogP contribution is -2.55. The van der Waals surface area contributed by atoms with E-state index < -0.39 is 12.1 Å². The summed E-state index contributed by atoms with van der Waals surface area (Å²) in [6, 6.07) is 3.32. The maximum Gasteiger partial charge on any atom is 0.514 e. The first-order chi connectivity index (χ1) is 17.9. The van der Waals surface area contributed by atoms with Crippen molar-refractivity contribution in [3.05, 3.63) is 40.4 Å². The Kier molecular flexibility index (Phi) is 8.22. The van der Waals surface area contributed by atoms with Crippen molar-refractivity contribution in [2.45, 2.75) is 32.4 Å². The number of aromatic amines is 1. The summed E-state index contributed by atoms with van der Waals surface area (Å²) in [5, 5.41) is 13.4. The molecule has 0 saturated carbocycles. The Morgan fingerprint density at radius 1 is 1.38 bits per heavy atom. The summed E-state index contributed by atoms with van der Waals surface area (Å²) in [5.74, 6) is -0.127. The van der Waals surface area contributed by atoms with E-state index in [-0.39, 0.29) is 40.1 Å². The second-order valence-electron chi connectivity index (χ2n) is 8.00. The van der Waals surface area contributed by atoms with Gasteiger partial charge in [-0.05, 0) is 26.3 Å². The lowest BCUT2D eigenvalue weighted by Gasteiger charge is -2.37. The van der Waals surface area contributed by atoms with Crippen LogP contribution in [0.2, 0.25) is 5.02 Å². The fourth-order valence-electron chi connectivity index (χ4n) is 3.90. The molecule has 0 bridgehead atoms. The predicted octanol–water partition coefficient (Wildman–Crippen LogP) is 3.32. The number of thiazole rings is 1. The number of carbonyl (C=O) groups excluding carboxylic acids is 2. The molecule has 37 heavy (non-hydrogen) atoms. The van der Waals surface area contributed by atoms with Crippen LogP contribution >= 0.6 is 22.9 Å². The molecule has 0 spiro atoms. The van der Waals surface area contributed by atoms with Gasteiger partial charge in [0.25, 0.3) is 5.91 Å². The molecule has 2 N–H and O–H groups in total. The molecule has 0 radical (unpaired) electrons. The Bertz CT molecular complexity index is 1320. The van der Waals surface area contributed by atoms with Crippen molar-refractivity contribution in [2.75, 3.05) is 31.7 Å². The molecule has 1 aliphatic rings. The fraction of sp³-hybridized carbons (Fsp3) is 0.391. The third-order valence-corrected chi connectivity index (χ3v) is 7.17. The molecular formula is C23H24ClN7O5S. The lowest BCUT2D eigenvalue weighted by atomic mass is 10.0. The van der Waals surface area contributed by atoms with Gasteiger partial charge in [0.2, 0.25) is 5.06 Å². The monoisotopic (exact) mass is 545 g/mol. The lowest BCUT2D eigenvalue weighted by molar-refractivity contribution is 0.0540. The average Bonchev–Trinajstić information content (AvgIpc) is 3.45. The maximum absolute atomic E-state index is 12.9. The molecule has 14 heteroatoms. The van der Waals surface area contributed by atoms with Crippen molar-refractivity contribution in [1.29, 1.82) is 5.26 Å². The van der Waals surface area contributed by atoms with E-state index in [0.717, 1.165) is 11.3 Å². The number of rotatable bonds is 7. The van der Waals surface area contributed by atoms with Gasteiger partial charge in [-0.25, -0.2) is 19.7 Å². The van der Waals surface area contributed by atoms with E-state index in [1.54, 1.807) is 39.4 Å². The Morgan fingerprint density at radius 3 is 2.81 bits per heavy atom. The van der Waals surface area contributed by atoms with E-state index in [9.17, 15) is 14.9 Å². The number of hydrogen-bond donors (Lipinski definition) is 2. The Hall–Kier alpha value is -3.73. The second kappa shape index (κ2) is 11.5. The van der Waals surface area contributed by atoms with E-state index >= 15 is 0 Å². The summed E-state index contributed by atoms with van der Waals surface area (Å²) < 4.78 is 16.0. The molecule has 3 aromatic heterocycles. The van der Waals surface area contributed by atoms with Crippen LogP contribution in [-0.2, 0) is 9.47 Å². The van der Waals surface area contributed by atoms with Crippen molar-refractivity contribution in [3.8, 4) is 22.7 Å². The highest BCUT2D eigenvalue weighted by molar-refractivity contribution is 7.18. The first kappa shape index (κ1) is 26.3. The van der Waals surface area contributed by atoms with E-state index in [0.29, 0.717) is 41.9 Å². The fourth-order valence-corrected chi connectivity index (χ4v) is 5.02. The quantitative estimate of drug-likeness (QED) is 0.422. The number of anilines is 1. The Labute approximate surface area is 221 Å². The minimum atomic E-state index is -0.845. The number of aromatic nitrogens is 4. The van der Waals surface area contributed by atoms with E-state index in [1.807, 2.05) is 11.0 Å². The van der Waals surface area contributed by atoms with Gasteiger partial charge in [-0.3, -0.25) is 4.79 Å². The van der Waals surface area contributed by atoms with E-state index in [1.165, 1.54) is 0 Å².